The monoisotopic (exact) mass is 361 g/mol. The molecule has 1 saturated carbocycles. The van der Waals surface area contributed by atoms with E-state index in [1.54, 1.807) is 0 Å². The highest BCUT2D eigenvalue weighted by atomic mass is 32.1. The molecular formula is C20H31N3OS. The standard InChI is InChI=1S/C20H31N3OS/c1-15(21-17-9-4-3-5-10-17)23(2)13-7-6-8-16-11-12-18-19(14-16)25-20(24)22-18/h11-12,14-15,17,21H,3-10,13H2,1-2H3,(H,22,24). The summed E-state index contributed by atoms with van der Waals surface area (Å²) in [5.41, 5.74) is 2.29. The summed E-state index contributed by atoms with van der Waals surface area (Å²) >= 11 is 1.30. The van der Waals surface area contributed by atoms with Crippen LogP contribution >= 0.6 is 11.3 Å². The molecule has 1 atom stereocenters. The lowest BCUT2D eigenvalue weighted by atomic mass is 9.95. The first-order valence-corrected chi connectivity index (χ1v) is 10.5. The van der Waals surface area contributed by atoms with Gasteiger partial charge in [0.1, 0.15) is 0 Å². The zero-order valence-electron chi connectivity index (χ0n) is 15.5. The zero-order chi connectivity index (χ0) is 17.6. The van der Waals surface area contributed by atoms with Crippen LogP contribution in [0.4, 0.5) is 0 Å². The highest BCUT2D eigenvalue weighted by molar-refractivity contribution is 7.16. The highest BCUT2D eigenvalue weighted by Gasteiger charge is 2.17. The number of fused-ring (bicyclic) bond motifs is 1. The third kappa shape index (κ3) is 5.40. The molecule has 0 aliphatic heterocycles. The summed E-state index contributed by atoms with van der Waals surface area (Å²) in [4.78, 5) is 16.7. The van der Waals surface area contributed by atoms with E-state index < -0.39 is 0 Å². The van der Waals surface area contributed by atoms with E-state index in [4.69, 9.17) is 0 Å². The fraction of sp³-hybridized carbons (Fsp3) is 0.650. The largest absolute Gasteiger partial charge is 0.312 e. The van der Waals surface area contributed by atoms with Gasteiger partial charge in [0.15, 0.2) is 0 Å². The van der Waals surface area contributed by atoms with Crippen LogP contribution in [0.5, 0.6) is 0 Å². The molecule has 1 heterocycles. The number of unbranched alkanes of at least 4 members (excludes halogenated alkanes) is 1. The summed E-state index contributed by atoms with van der Waals surface area (Å²) < 4.78 is 1.07. The molecule has 1 aromatic carbocycles. The van der Waals surface area contributed by atoms with Crippen LogP contribution in [-0.4, -0.2) is 35.7 Å². The minimum absolute atomic E-state index is 0.0354. The van der Waals surface area contributed by atoms with Gasteiger partial charge in [0.05, 0.1) is 16.4 Å². The van der Waals surface area contributed by atoms with Crippen molar-refractivity contribution in [2.24, 2.45) is 0 Å². The van der Waals surface area contributed by atoms with Gasteiger partial charge in [0.2, 0.25) is 0 Å². The van der Waals surface area contributed by atoms with Crippen molar-refractivity contribution in [3.05, 3.63) is 33.4 Å². The summed E-state index contributed by atoms with van der Waals surface area (Å²) in [5, 5.41) is 3.79. The van der Waals surface area contributed by atoms with E-state index in [2.05, 4.69) is 41.3 Å². The predicted octanol–water partition coefficient (Wildman–Crippen LogP) is 4.11. The average molecular weight is 362 g/mol. The lowest BCUT2D eigenvalue weighted by Gasteiger charge is -2.32. The van der Waals surface area contributed by atoms with Gasteiger partial charge >= 0.3 is 4.87 Å². The molecular weight excluding hydrogens is 330 g/mol. The molecule has 1 fully saturated rings. The molecule has 138 valence electrons. The van der Waals surface area contributed by atoms with Gasteiger partial charge in [-0.1, -0.05) is 36.7 Å². The fourth-order valence-electron chi connectivity index (χ4n) is 3.77. The van der Waals surface area contributed by atoms with E-state index >= 15 is 0 Å². The second-order valence-electron chi connectivity index (χ2n) is 7.46. The highest BCUT2D eigenvalue weighted by Crippen LogP contribution is 2.19. The van der Waals surface area contributed by atoms with E-state index in [-0.39, 0.29) is 4.87 Å². The molecule has 1 aliphatic carbocycles. The molecule has 2 aromatic rings. The smallest absolute Gasteiger partial charge is 0.305 e. The number of rotatable bonds is 8. The number of aromatic amines is 1. The molecule has 5 heteroatoms. The van der Waals surface area contributed by atoms with Crippen molar-refractivity contribution in [2.45, 2.75) is 70.5 Å². The molecule has 0 saturated heterocycles. The Kier molecular flexibility index (Phi) is 6.68. The van der Waals surface area contributed by atoms with Crippen LogP contribution in [-0.2, 0) is 6.42 Å². The van der Waals surface area contributed by atoms with Gasteiger partial charge in [0.25, 0.3) is 0 Å². The lowest BCUT2D eigenvalue weighted by molar-refractivity contribution is 0.185. The van der Waals surface area contributed by atoms with Gasteiger partial charge in [-0.05, 0) is 70.3 Å². The maximum absolute atomic E-state index is 11.4. The second kappa shape index (κ2) is 8.97. The SMILES string of the molecule is CC(NC1CCCCC1)N(C)CCCCc1ccc2[nH]c(=O)sc2c1. The minimum atomic E-state index is 0.0354. The molecule has 0 amide bonds. The Bertz CT molecular complexity index is 717. The average Bonchev–Trinajstić information content (AvgIpc) is 2.98. The van der Waals surface area contributed by atoms with Crippen LogP contribution in [0.2, 0.25) is 0 Å². The van der Waals surface area contributed by atoms with Gasteiger partial charge in [-0.15, -0.1) is 0 Å². The van der Waals surface area contributed by atoms with Crippen LogP contribution < -0.4 is 10.2 Å². The molecule has 1 aromatic heterocycles. The third-order valence-corrected chi connectivity index (χ3v) is 6.30. The van der Waals surface area contributed by atoms with Crippen LogP contribution in [0.25, 0.3) is 10.2 Å². The number of nitrogens with zero attached hydrogens (tertiary/aromatic N) is 1. The summed E-state index contributed by atoms with van der Waals surface area (Å²) in [7, 11) is 2.23. The molecule has 1 aliphatic rings. The Hall–Kier alpha value is -1.17. The van der Waals surface area contributed by atoms with Crippen molar-refractivity contribution in [1.82, 2.24) is 15.2 Å². The minimum Gasteiger partial charge on any atom is -0.312 e. The first-order valence-electron chi connectivity index (χ1n) is 9.70. The molecule has 1 unspecified atom stereocenters. The Morgan fingerprint density at radius 3 is 2.88 bits per heavy atom. The van der Waals surface area contributed by atoms with E-state index in [1.807, 2.05) is 6.07 Å². The summed E-state index contributed by atoms with van der Waals surface area (Å²) in [6.45, 7) is 3.41. The quantitative estimate of drug-likeness (QED) is 0.549. The van der Waals surface area contributed by atoms with E-state index in [0.29, 0.717) is 12.2 Å². The normalized spacial score (nSPS) is 17.4. The number of H-pyrrole nitrogens is 1. The number of hydrogen-bond donors (Lipinski definition) is 2. The van der Waals surface area contributed by atoms with Crippen molar-refractivity contribution in [2.75, 3.05) is 13.6 Å². The van der Waals surface area contributed by atoms with Gasteiger partial charge in [0, 0.05) is 6.04 Å². The van der Waals surface area contributed by atoms with E-state index in [1.165, 1.54) is 61.8 Å². The van der Waals surface area contributed by atoms with Crippen molar-refractivity contribution in [3.8, 4) is 0 Å². The van der Waals surface area contributed by atoms with Crippen LogP contribution in [0.3, 0.4) is 0 Å². The van der Waals surface area contributed by atoms with Gasteiger partial charge < -0.3 is 4.98 Å². The van der Waals surface area contributed by atoms with E-state index in [9.17, 15) is 4.79 Å². The first-order chi connectivity index (χ1) is 12.1. The Morgan fingerprint density at radius 1 is 1.28 bits per heavy atom. The Morgan fingerprint density at radius 2 is 2.08 bits per heavy atom. The van der Waals surface area contributed by atoms with Gasteiger partial charge in [-0.3, -0.25) is 15.0 Å². The van der Waals surface area contributed by atoms with Crippen molar-refractivity contribution in [3.63, 3.8) is 0 Å². The molecule has 4 nitrogen and oxygen atoms in total. The maximum Gasteiger partial charge on any atom is 0.305 e. The van der Waals surface area contributed by atoms with Gasteiger partial charge in [-0.2, -0.15) is 0 Å². The van der Waals surface area contributed by atoms with Crippen molar-refractivity contribution >= 4 is 21.6 Å². The molecule has 3 rings (SSSR count). The summed E-state index contributed by atoms with van der Waals surface area (Å²) in [6.07, 6.45) is 10.8. The van der Waals surface area contributed by atoms with Crippen molar-refractivity contribution < 1.29 is 0 Å². The number of aromatic nitrogens is 1. The van der Waals surface area contributed by atoms with Crippen molar-refractivity contribution in [1.29, 1.82) is 0 Å². The number of benzene rings is 1. The summed E-state index contributed by atoms with van der Waals surface area (Å²) in [5.74, 6) is 0. The fourth-order valence-corrected chi connectivity index (χ4v) is 4.57. The third-order valence-electron chi connectivity index (χ3n) is 5.45. The second-order valence-corrected chi connectivity index (χ2v) is 8.48. The Labute approximate surface area is 154 Å². The number of hydrogen-bond acceptors (Lipinski definition) is 4. The van der Waals surface area contributed by atoms with Crippen LogP contribution in [0.15, 0.2) is 23.0 Å². The van der Waals surface area contributed by atoms with Crippen LogP contribution in [0.1, 0.15) is 57.4 Å². The van der Waals surface area contributed by atoms with Gasteiger partial charge in [-0.25, -0.2) is 0 Å². The lowest BCUT2D eigenvalue weighted by Crippen LogP contribution is -2.47. The summed E-state index contributed by atoms with van der Waals surface area (Å²) in [6, 6.07) is 7.05. The molecule has 25 heavy (non-hydrogen) atoms. The predicted molar refractivity (Wildman–Crippen MR) is 107 cm³/mol. The molecule has 0 spiro atoms. The van der Waals surface area contributed by atoms with Crippen LogP contribution in [0, 0.1) is 0 Å². The first kappa shape index (κ1) is 18.6. The maximum atomic E-state index is 11.4. The number of aryl methyl sites for hydroxylation is 1. The Balaban J connectivity index is 1.38. The number of thiazole rings is 1. The molecule has 2 N–H and O–H groups in total. The number of nitrogens with one attached hydrogen (secondary N) is 2. The molecule has 0 bridgehead atoms. The molecule has 0 radical (unpaired) electrons. The zero-order valence-corrected chi connectivity index (χ0v) is 16.3. The topological polar surface area (TPSA) is 48.1 Å². The van der Waals surface area contributed by atoms with E-state index in [0.717, 1.165) is 23.2 Å².